The lowest BCUT2D eigenvalue weighted by atomic mass is 10.3. The standard InChI is InChI=1S/2C6H12BrNO/c2*1-4-5(7)6(9)8(2)3/h2*5H,4H2,1-3H3/t2*5-/m10/s1. The van der Waals surface area contributed by atoms with Crippen LogP contribution in [0.2, 0.25) is 0 Å². The van der Waals surface area contributed by atoms with Gasteiger partial charge < -0.3 is 9.80 Å². The van der Waals surface area contributed by atoms with E-state index in [0.717, 1.165) is 12.8 Å². The number of carbonyl (C=O) groups is 2. The van der Waals surface area contributed by atoms with E-state index in [2.05, 4.69) is 31.9 Å². The summed E-state index contributed by atoms with van der Waals surface area (Å²) in [6, 6.07) is 0. The molecule has 108 valence electrons. The number of carbonyl (C=O) groups excluding carboxylic acids is 2. The Bertz CT molecular complexity index is 232. The molecule has 2 atom stereocenters. The smallest absolute Gasteiger partial charge is 0.235 e. The van der Waals surface area contributed by atoms with Gasteiger partial charge in [-0.2, -0.15) is 0 Å². The van der Waals surface area contributed by atoms with Crippen LogP contribution in [0.5, 0.6) is 0 Å². The van der Waals surface area contributed by atoms with Gasteiger partial charge in [0.05, 0.1) is 9.65 Å². The lowest BCUT2D eigenvalue weighted by Gasteiger charge is -2.12. The van der Waals surface area contributed by atoms with Crippen LogP contribution in [0.3, 0.4) is 0 Å². The van der Waals surface area contributed by atoms with Crippen molar-refractivity contribution in [3.05, 3.63) is 0 Å². The van der Waals surface area contributed by atoms with Gasteiger partial charge in [-0.1, -0.05) is 45.7 Å². The Morgan fingerprint density at radius 3 is 1.11 bits per heavy atom. The second-order valence-electron chi connectivity index (χ2n) is 4.22. The van der Waals surface area contributed by atoms with E-state index < -0.39 is 0 Å². The minimum atomic E-state index is -0.00694. The van der Waals surface area contributed by atoms with E-state index in [4.69, 9.17) is 0 Å². The third-order valence-electron chi connectivity index (χ3n) is 2.13. The molecule has 0 spiro atoms. The van der Waals surface area contributed by atoms with Crippen LogP contribution in [0, 0.1) is 0 Å². The summed E-state index contributed by atoms with van der Waals surface area (Å²) in [5, 5.41) is 0. The maximum Gasteiger partial charge on any atom is 0.235 e. The van der Waals surface area contributed by atoms with Gasteiger partial charge in [0.1, 0.15) is 0 Å². The number of halogens is 2. The second kappa shape index (κ2) is 10.8. The molecule has 0 bridgehead atoms. The number of amides is 2. The first kappa shape index (κ1) is 20.2. The van der Waals surface area contributed by atoms with Crippen molar-refractivity contribution in [1.82, 2.24) is 9.80 Å². The Hall–Kier alpha value is -0.100. The zero-order valence-electron chi connectivity index (χ0n) is 12.0. The lowest BCUT2D eigenvalue weighted by molar-refractivity contribution is -0.128. The largest absolute Gasteiger partial charge is 0.348 e. The predicted molar refractivity (Wildman–Crippen MR) is 83.4 cm³/mol. The molecule has 0 aliphatic carbocycles. The topological polar surface area (TPSA) is 40.6 Å². The first-order valence-electron chi connectivity index (χ1n) is 5.89. The van der Waals surface area contributed by atoms with Crippen LogP contribution in [-0.2, 0) is 9.59 Å². The molecule has 4 nitrogen and oxygen atoms in total. The molecule has 0 aromatic rings. The SMILES string of the molecule is CC[C@@H](Br)C(=O)N(C)C.CC[C@H](Br)C(=O)N(C)C. The molecule has 0 heterocycles. The average molecular weight is 388 g/mol. The summed E-state index contributed by atoms with van der Waals surface area (Å²) in [6.07, 6.45) is 1.69. The Balaban J connectivity index is 0. The number of hydrogen-bond donors (Lipinski definition) is 0. The van der Waals surface area contributed by atoms with Crippen LogP contribution < -0.4 is 0 Å². The highest BCUT2D eigenvalue weighted by Crippen LogP contribution is 2.06. The number of alkyl halides is 2. The molecule has 0 aliphatic rings. The highest BCUT2D eigenvalue weighted by molar-refractivity contribution is 9.10. The molecule has 2 amide bonds. The van der Waals surface area contributed by atoms with Crippen molar-refractivity contribution in [2.45, 2.75) is 36.3 Å². The van der Waals surface area contributed by atoms with E-state index in [1.54, 1.807) is 38.0 Å². The van der Waals surface area contributed by atoms with Gasteiger partial charge >= 0.3 is 0 Å². The molecule has 0 unspecified atom stereocenters. The highest BCUT2D eigenvalue weighted by atomic mass is 79.9. The zero-order valence-corrected chi connectivity index (χ0v) is 15.2. The Kier molecular flexibility index (Phi) is 12.1. The van der Waals surface area contributed by atoms with Gasteiger partial charge in [0.25, 0.3) is 0 Å². The minimum absolute atomic E-state index is 0.00694. The van der Waals surface area contributed by atoms with Crippen molar-refractivity contribution >= 4 is 43.7 Å². The summed E-state index contributed by atoms with van der Waals surface area (Å²) in [5.41, 5.74) is 0. The van der Waals surface area contributed by atoms with Crippen molar-refractivity contribution in [1.29, 1.82) is 0 Å². The Morgan fingerprint density at radius 2 is 1.06 bits per heavy atom. The molecule has 0 rings (SSSR count). The molecule has 0 saturated heterocycles. The van der Waals surface area contributed by atoms with Crippen molar-refractivity contribution in [2.75, 3.05) is 28.2 Å². The first-order valence-corrected chi connectivity index (χ1v) is 7.72. The molecular formula is C12H24Br2N2O2. The highest BCUT2D eigenvalue weighted by Gasteiger charge is 2.13. The molecule has 0 aromatic heterocycles. The quantitative estimate of drug-likeness (QED) is 0.695. The number of nitrogens with zero attached hydrogens (tertiary/aromatic N) is 2. The van der Waals surface area contributed by atoms with Gasteiger partial charge in [-0.05, 0) is 12.8 Å². The van der Waals surface area contributed by atoms with Crippen LogP contribution in [0.25, 0.3) is 0 Å². The summed E-state index contributed by atoms with van der Waals surface area (Å²) in [6.45, 7) is 3.95. The molecule has 0 radical (unpaired) electrons. The zero-order chi connectivity index (χ0) is 14.9. The third-order valence-corrected chi connectivity index (χ3v) is 4.21. The van der Waals surface area contributed by atoms with Gasteiger partial charge in [0, 0.05) is 28.2 Å². The third kappa shape index (κ3) is 8.91. The maximum atomic E-state index is 11.0. The second-order valence-corrected chi connectivity index (χ2v) is 6.43. The fraction of sp³-hybridized carbons (Fsp3) is 0.833. The molecule has 0 aromatic carbocycles. The summed E-state index contributed by atoms with van der Waals surface area (Å²) in [4.78, 5) is 25.1. The monoisotopic (exact) mass is 386 g/mol. The van der Waals surface area contributed by atoms with E-state index in [1.807, 2.05) is 13.8 Å². The summed E-state index contributed by atoms with van der Waals surface area (Å²) in [5.74, 6) is 0.273. The van der Waals surface area contributed by atoms with Crippen LogP contribution in [-0.4, -0.2) is 59.5 Å². The number of hydrogen-bond acceptors (Lipinski definition) is 2. The molecule has 0 fully saturated rings. The first-order chi connectivity index (χ1) is 8.18. The van der Waals surface area contributed by atoms with Crippen LogP contribution in [0.15, 0.2) is 0 Å². The van der Waals surface area contributed by atoms with E-state index in [9.17, 15) is 9.59 Å². The summed E-state index contributed by atoms with van der Waals surface area (Å²) in [7, 11) is 7.02. The van der Waals surface area contributed by atoms with Crippen molar-refractivity contribution in [2.24, 2.45) is 0 Å². The fourth-order valence-electron chi connectivity index (χ4n) is 0.910. The average Bonchev–Trinajstić information content (AvgIpc) is 2.35. The lowest BCUT2D eigenvalue weighted by Crippen LogP contribution is -2.29. The molecule has 18 heavy (non-hydrogen) atoms. The van der Waals surface area contributed by atoms with E-state index >= 15 is 0 Å². The minimum Gasteiger partial charge on any atom is -0.348 e. The molecular weight excluding hydrogens is 364 g/mol. The van der Waals surface area contributed by atoms with E-state index in [-0.39, 0.29) is 21.5 Å². The van der Waals surface area contributed by atoms with Crippen molar-refractivity contribution < 1.29 is 9.59 Å². The van der Waals surface area contributed by atoms with E-state index in [1.165, 1.54) is 0 Å². The number of rotatable bonds is 4. The van der Waals surface area contributed by atoms with Gasteiger partial charge in [-0.25, -0.2) is 0 Å². The maximum absolute atomic E-state index is 11.0. The van der Waals surface area contributed by atoms with Gasteiger partial charge in [0.15, 0.2) is 0 Å². The molecule has 0 aliphatic heterocycles. The van der Waals surface area contributed by atoms with Crippen molar-refractivity contribution in [3.8, 4) is 0 Å². The van der Waals surface area contributed by atoms with Crippen LogP contribution in [0.1, 0.15) is 26.7 Å². The normalized spacial score (nSPS) is 12.9. The molecule has 0 saturated carbocycles. The van der Waals surface area contributed by atoms with E-state index in [0.29, 0.717) is 0 Å². The fourth-order valence-corrected chi connectivity index (χ4v) is 1.73. The molecule has 0 N–H and O–H groups in total. The summed E-state index contributed by atoms with van der Waals surface area (Å²) < 4.78 is 0. The summed E-state index contributed by atoms with van der Waals surface area (Å²) >= 11 is 6.50. The Labute approximate surface area is 127 Å². The van der Waals surface area contributed by atoms with Gasteiger partial charge in [-0.3, -0.25) is 9.59 Å². The van der Waals surface area contributed by atoms with Gasteiger partial charge in [-0.15, -0.1) is 0 Å². The van der Waals surface area contributed by atoms with Crippen molar-refractivity contribution in [3.63, 3.8) is 0 Å². The van der Waals surface area contributed by atoms with Crippen LogP contribution in [0.4, 0.5) is 0 Å². The molecule has 6 heteroatoms. The van der Waals surface area contributed by atoms with Crippen LogP contribution >= 0.6 is 31.9 Å². The predicted octanol–water partition coefficient (Wildman–Crippen LogP) is 2.50. The Morgan fingerprint density at radius 1 is 0.833 bits per heavy atom. The van der Waals surface area contributed by atoms with Gasteiger partial charge in [0.2, 0.25) is 11.8 Å².